The SMILES string of the molecule is O=C(O)c1ccc(C2CCN(C(=O)OCc3ccccc3)CC2)[nH]c1=O. The molecule has 1 aliphatic rings. The molecule has 0 saturated carbocycles. The van der Waals surface area contributed by atoms with Gasteiger partial charge in [0.1, 0.15) is 12.2 Å². The molecule has 0 bridgehead atoms. The molecule has 7 heteroatoms. The summed E-state index contributed by atoms with van der Waals surface area (Å²) in [5.74, 6) is -1.16. The molecule has 2 N–H and O–H groups in total. The van der Waals surface area contributed by atoms with Gasteiger partial charge >= 0.3 is 12.1 Å². The van der Waals surface area contributed by atoms with E-state index in [1.165, 1.54) is 6.07 Å². The van der Waals surface area contributed by atoms with Gasteiger partial charge in [-0.2, -0.15) is 0 Å². The maximum absolute atomic E-state index is 12.2. The van der Waals surface area contributed by atoms with E-state index in [1.807, 2.05) is 30.3 Å². The molecule has 1 aliphatic heterocycles. The van der Waals surface area contributed by atoms with Crippen molar-refractivity contribution in [3.05, 3.63) is 69.6 Å². The number of carbonyl (C=O) groups excluding carboxylic acids is 1. The van der Waals surface area contributed by atoms with Crippen LogP contribution in [0, 0.1) is 0 Å². The molecule has 7 nitrogen and oxygen atoms in total. The van der Waals surface area contributed by atoms with Crippen LogP contribution < -0.4 is 5.56 Å². The van der Waals surface area contributed by atoms with Crippen LogP contribution in [0.1, 0.15) is 40.4 Å². The number of nitrogens with one attached hydrogen (secondary N) is 1. The highest BCUT2D eigenvalue weighted by atomic mass is 16.6. The number of piperidine rings is 1. The van der Waals surface area contributed by atoms with Crippen LogP contribution in [0.3, 0.4) is 0 Å². The second kappa shape index (κ2) is 7.86. The molecule has 26 heavy (non-hydrogen) atoms. The summed E-state index contributed by atoms with van der Waals surface area (Å²) < 4.78 is 5.33. The summed E-state index contributed by atoms with van der Waals surface area (Å²) in [5.41, 5.74) is 0.777. The number of aromatic amines is 1. The lowest BCUT2D eigenvalue weighted by atomic mass is 9.93. The Morgan fingerprint density at radius 3 is 2.42 bits per heavy atom. The predicted molar refractivity (Wildman–Crippen MR) is 94.2 cm³/mol. The van der Waals surface area contributed by atoms with E-state index in [1.54, 1.807) is 11.0 Å². The van der Waals surface area contributed by atoms with Crippen LogP contribution in [0.2, 0.25) is 0 Å². The van der Waals surface area contributed by atoms with E-state index in [0.717, 1.165) is 5.56 Å². The van der Waals surface area contributed by atoms with Crippen molar-refractivity contribution >= 4 is 12.1 Å². The summed E-state index contributed by atoms with van der Waals surface area (Å²) in [6.45, 7) is 1.30. The van der Waals surface area contributed by atoms with Gasteiger partial charge in [-0.1, -0.05) is 30.3 Å². The van der Waals surface area contributed by atoms with Gasteiger partial charge in [-0.15, -0.1) is 0 Å². The second-order valence-corrected chi connectivity index (χ2v) is 6.26. The third-order valence-electron chi connectivity index (χ3n) is 4.56. The Bertz CT molecular complexity index is 839. The van der Waals surface area contributed by atoms with E-state index in [9.17, 15) is 14.4 Å². The summed E-state index contributed by atoms with van der Waals surface area (Å²) in [6, 6.07) is 12.5. The number of carboxylic acids is 1. The van der Waals surface area contributed by atoms with E-state index in [2.05, 4.69) is 4.98 Å². The average Bonchev–Trinajstić information content (AvgIpc) is 2.66. The van der Waals surface area contributed by atoms with Crippen LogP contribution in [-0.4, -0.2) is 40.1 Å². The molecule has 0 unspecified atom stereocenters. The fourth-order valence-electron chi connectivity index (χ4n) is 3.08. The number of amides is 1. The Hall–Kier alpha value is -3.09. The number of ether oxygens (including phenoxy) is 1. The first kappa shape index (κ1) is 17.7. The van der Waals surface area contributed by atoms with Gasteiger partial charge in [0.05, 0.1) is 0 Å². The van der Waals surface area contributed by atoms with Gasteiger partial charge in [-0.3, -0.25) is 4.79 Å². The van der Waals surface area contributed by atoms with Crippen molar-refractivity contribution in [2.24, 2.45) is 0 Å². The quantitative estimate of drug-likeness (QED) is 0.877. The zero-order chi connectivity index (χ0) is 18.5. The number of hydrogen-bond acceptors (Lipinski definition) is 4. The number of rotatable bonds is 4. The van der Waals surface area contributed by atoms with Crippen molar-refractivity contribution in [3.63, 3.8) is 0 Å². The normalized spacial score (nSPS) is 14.8. The number of aromatic nitrogens is 1. The number of hydrogen-bond donors (Lipinski definition) is 2. The van der Waals surface area contributed by atoms with Crippen LogP contribution in [0.5, 0.6) is 0 Å². The minimum absolute atomic E-state index is 0.0868. The van der Waals surface area contributed by atoms with Crippen molar-refractivity contribution in [1.82, 2.24) is 9.88 Å². The van der Waals surface area contributed by atoms with E-state index in [4.69, 9.17) is 9.84 Å². The minimum Gasteiger partial charge on any atom is -0.477 e. The van der Waals surface area contributed by atoms with E-state index >= 15 is 0 Å². The largest absolute Gasteiger partial charge is 0.477 e. The van der Waals surface area contributed by atoms with Crippen molar-refractivity contribution in [1.29, 1.82) is 0 Å². The first-order valence-electron chi connectivity index (χ1n) is 8.46. The molecule has 1 aromatic heterocycles. The number of carbonyl (C=O) groups is 2. The lowest BCUT2D eigenvalue weighted by Gasteiger charge is -2.31. The summed E-state index contributed by atoms with van der Waals surface area (Å²) >= 11 is 0. The van der Waals surface area contributed by atoms with E-state index in [-0.39, 0.29) is 24.2 Å². The van der Waals surface area contributed by atoms with E-state index in [0.29, 0.717) is 31.6 Å². The van der Waals surface area contributed by atoms with Crippen LogP contribution in [0.15, 0.2) is 47.3 Å². The molecule has 136 valence electrons. The number of benzene rings is 1. The third-order valence-corrected chi connectivity index (χ3v) is 4.56. The Kier molecular flexibility index (Phi) is 5.36. The predicted octanol–water partition coefficient (Wildman–Crippen LogP) is 2.59. The molecule has 0 atom stereocenters. The highest BCUT2D eigenvalue weighted by Crippen LogP contribution is 2.26. The molecule has 1 fully saturated rings. The van der Waals surface area contributed by atoms with Gasteiger partial charge in [0.25, 0.3) is 5.56 Å². The van der Waals surface area contributed by atoms with Crippen LogP contribution in [-0.2, 0) is 11.3 Å². The van der Waals surface area contributed by atoms with Crippen molar-refractivity contribution in [2.75, 3.05) is 13.1 Å². The molecular formula is C19H20N2O5. The van der Waals surface area contributed by atoms with E-state index < -0.39 is 11.5 Å². The molecule has 3 rings (SSSR count). The fraction of sp³-hybridized carbons (Fsp3) is 0.316. The Balaban J connectivity index is 1.54. The first-order valence-corrected chi connectivity index (χ1v) is 8.46. The number of pyridine rings is 1. The monoisotopic (exact) mass is 356 g/mol. The zero-order valence-electron chi connectivity index (χ0n) is 14.2. The third kappa shape index (κ3) is 4.11. The maximum atomic E-state index is 12.2. The number of carboxylic acid groups (broad SMARTS) is 1. The van der Waals surface area contributed by atoms with Crippen molar-refractivity contribution in [2.45, 2.75) is 25.4 Å². The van der Waals surface area contributed by atoms with Gasteiger partial charge in [0.15, 0.2) is 0 Å². The number of H-pyrrole nitrogens is 1. The lowest BCUT2D eigenvalue weighted by molar-refractivity contribution is 0.0694. The van der Waals surface area contributed by atoms with Crippen LogP contribution in [0.4, 0.5) is 4.79 Å². The Morgan fingerprint density at radius 2 is 1.81 bits per heavy atom. The van der Waals surface area contributed by atoms with Crippen molar-refractivity contribution in [3.8, 4) is 0 Å². The second-order valence-electron chi connectivity index (χ2n) is 6.26. The summed E-state index contributed by atoms with van der Waals surface area (Å²) in [5, 5.41) is 8.92. The molecule has 0 radical (unpaired) electrons. The lowest BCUT2D eigenvalue weighted by Crippen LogP contribution is -2.38. The molecule has 1 amide bonds. The topological polar surface area (TPSA) is 99.7 Å². The van der Waals surface area contributed by atoms with Crippen molar-refractivity contribution < 1.29 is 19.4 Å². The van der Waals surface area contributed by atoms with Gasteiger partial charge < -0.3 is 19.7 Å². The molecule has 0 aliphatic carbocycles. The van der Waals surface area contributed by atoms with Crippen LogP contribution in [0.25, 0.3) is 0 Å². The summed E-state index contributed by atoms with van der Waals surface area (Å²) in [4.78, 5) is 39.2. The summed E-state index contributed by atoms with van der Waals surface area (Å²) in [6.07, 6.45) is 1.02. The number of aromatic carboxylic acids is 1. The Morgan fingerprint density at radius 1 is 1.12 bits per heavy atom. The molecule has 1 saturated heterocycles. The standard InChI is InChI=1S/C19H20N2O5/c22-17-15(18(23)24)6-7-16(20-17)14-8-10-21(11-9-14)19(25)26-12-13-4-2-1-3-5-13/h1-7,14H,8-12H2,(H,20,22)(H,23,24). The van der Waals surface area contributed by atoms with Gasteiger partial charge in [-0.25, -0.2) is 9.59 Å². The first-order chi connectivity index (χ1) is 12.5. The molecule has 2 aromatic rings. The number of likely N-dealkylation sites (tertiary alicyclic amines) is 1. The highest BCUT2D eigenvalue weighted by molar-refractivity contribution is 5.87. The summed E-state index contributed by atoms with van der Waals surface area (Å²) in [7, 11) is 0. The smallest absolute Gasteiger partial charge is 0.410 e. The van der Waals surface area contributed by atoms with Gasteiger partial charge in [0, 0.05) is 24.7 Å². The average molecular weight is 356 g/mol. The van der Waals surface area contributed by atoms with Gasteiger partial charge in [0.2, 0.25) is 0 Å². The fourth-order valence-corrected chi connectivity index (χ4v) is 3.08. The molecule has 2 heterocycles. The Labute approximate surface area is 150 Å². The molecular weight excluding hydrogens is 336 g/mol. The number of nitrogens with zero attached hydrogens (tertiary/aromatic N) is 1. The zero-order valence-corrected chi connectivity index (χ0v) is 14.2. The molecule has 0 spiro atoms. The highest BCUT2D eigenvalue weighted by Gasteiger charge is 2.25. The van der Waals surface area contributed by atoms with Crippen LogP contribution >= 0.6 is 0 Å². The maximum Gasteiger partial charge on any atom is 0.410 e. The minimum atomic E-state index is -1.24. The molecule has 1 aromatic carbocycles. The van der Waals surface area contributed by atoms with Gasteiger partial charge in [-0.05, 0) is 30.5 Å².